The van der Waals surface area contributed by atoms with E-state index in [1.54, 1.807) is 0 Å². The lowest BCUT2D eigenvalue weighted by Gasteiger charge is -2.06. The lowest BCUT2D eigenvalue weighted by atomic mass is 10.1. The van der Waals surface area contributed by atoms with Crippen molar-refractivity contribution in [2.75, 3.05) is 13.2 Å². The Balaban J connectivity index is 1.95. The molecule has 0 spiro atoms. The minimum Gasteiger partial charge on any atom is -0.493 e. The number of hydrogen-bond acceptors (Lipinski definition) is 2. The molecule has 0 radical (unpaired) electrons. The van der Waals surface area contributed by atoms with Crippen LogP contribution in [0.2, 0.25) is 0 Å². The molecule has 0 aromatic heterocycles. The van der Waals surface area contributed by atoms with E-state index in [4.69, 9.17) is 10.3 Å². The maximum atomic E-state index is 8.09. The Hall–Kier alpha value is -1.67. The Morgan fingerprint density at radius 3 is 3.07 bits per heavy atom. The fourth-order valence-corrected chi connectivity index (χ4v) is 1.89. The topological polar surface area (TPSA) is 58.0 Å². The SMILES string of the molecule is [N-]=[N+]=NCCOc1ccc2c(c1)CCC2. The summed E-state index contributed by atoms with van der Waals surface area (Å²) < 4.78 is 5.47. The largest absolute Gasteiger partial charge is 0.493 e. The molecule has 1 aromatic carbocycles. The fourth-order valence-electron chi connectivity index (χ4n) is 1.89. The minimum atomic E-state index is 0.383. The predicted octanol–water partition coefficient (Wildman–Crippen LogP) is 2.86. The van der Waals surface area contributed by atoms with Crippen LogP contribution in [-0.4, -0.2) is 13.2 Å². The number of hydrogen-bond donors (Lipinski definition) is 0. The van der Waals surface area contributed by atoms with Crippen molar-refractivity contribution in [1.82, 2.24) is 0 Å². The van der Waals surface area contributed by atoms with Crippen LogP contribution in [0.5, 0.6) is 5.75 Å². The van der Waals surface area contributed by atoms with Crippen molar-refractivity contribution in [1.29, 1.82) is 0 Å². The molecule has 0 heterocycles. The van der Waals surface area contributed by atoms with Gasteiger partial charge >= 0.3 is 0 Å². The second kappa shape index (κ2) is 4.71. The summed E-state index contributed by atoms with van der Waals surface area (Å²) in [7, 11) is 0. The van der Waals surface area contributed by atoms with Crippen LogP contribution in [0.4, 0.5) is 0 Å². The van der Waals surface area contributed by atoms with E-state index in [0.29, 0.717) is 13.2 Å². The summed E-state index contributed by atoms with van der Waals surface area (Å²) >= 11 is 0. The van der Waals surface area contributed by atoms with Crippen molar-refractivity contribution in [2.24, 2.45) is 5.11 Å². The Kier molecular flexibility index (Phi) is 3.10. The Morgan fingerprint density at radius 1 is 1.33 bits per heavy atom. The molecule has 0 saturated heterocycles. The van der Waals surface area contributed by atoms with Crippen molar-refractivity contribution in [3.63, 3.8) is 0 Å². The van der Waals surface area contributed by atoms with Crippen molar-refractivity contribution in [3.05, 3.63) is 39.8 Å². The quantitative estimate of drug-likeness (QED) is 0.321. The van der Waals surface area contributed by atoms with E-state index in [9.17, 15) is 0 Å². The smallest absolute Gasteiger partial charge is 0.119 e. The number of nitrogens with zero attached hydrogens (tertiary/aromatic N) is 3. The summed E-state index contributed by atoms with van der Waals surface area (Å²) in [5.41, 5.74) is 10.9. The van der Waals surface area contributed by atoms with Crippen LogP contribution in [0.3, 0.4) is 0 Å². The molecule has 78 valence electrons. The van der Waals surface area contributed by atoms with Gasteiger partial charge < -0.3 is 4.74 Å². The molecule has 0 fully saturated rings. The zero-order valence-corrected chi connectivity index (χ0v) is 8.52. The summed E-state index contributed by atoms with van der Waals surface area (Å²) in [5.74, 6) is 0.879. The molecular weight excluding hydrogens is 190 g/mol. The van der Waals surface area contributed by atoms with E-state index in [-0.39, 0.29) is 0 Å². The average Bonchev–Trinajstić information content (AvgIpc) is 2.71. The summed E-state index contributed by atoms with van der Waals surface area (Å²) in [5, 5.41) is 3.41. The van der Waals surface area contributed by atoms with Gasteiger partial charge in [-0.05, 0) is 48.1 Å². The van der Waals surface area contributed by atoms with Gasteiger partial charge in [0.25, 0.3) is 0 Å². The van der Waals surface area contributed by atoms with Crippen molar-refractivity contribution in [2.45, 2.75) is 19.3 Å². The molecule has 1 aromatic rings. The van der Waals surface area contributed by atoms with Crippen molar-refractivity contribution in [3.8, 4) is 5.75 Å². The molecule has 0 bridgehead atoms. The fraction of sp³-hybridized carbons (Fsp3) is 0.455. The Bertz CT molecular complexity index is 397. The summed E-state index contributed by atoms with van der Waals surface area (Å²) in [6, 6.07) is 6.21. The van der Waals surface area contributed by atoms with Crippen molar-refractivity contribution >= 4 is 0 Å². The van der Waals surface area contributed by atoms with Gasteiger partial charge in [-0.25, -0.2) is 0 Å². The first-order valence-electron chi connectivity index (χ1n) is 5.15. The van der Waals surface area contributed by atoms with E-state index >= 15 is 0 Å². The predicted molar refractivity (Wildman–Crippen MR) is 58.0 cm³/mol. The normalized spacial score (nSPS) is 13.1. The van der Waals surface area contributed by atoms with Gasteiger partial charge in [0.1, 0.15) is 5.75 Å². The first-order chi connectivity index (χ1) is 7.40. The maximum absolute atomic E-state index is 8.09. The summed E-state index contributed by atoms with van der Waals surface area (Å²) in [4.78, 5) is 2.67. The first kappa shape index (κ1) is 9.87. The molecule has 0 atom stereocenters. The molecule has 2 rings (SSSR count). The van der Waals surface area contributed by atoms with Crippen LogP contribution in [0.25, 0.3) is 10.4 Å². The van der Waals surface area contributed by atoms with Gasteiger partial charge in [-0.3, -0.25) is 0 Å². The molecule has 0 aliphatic heterocycles. The highest BCUT2D eigenvalue weighted by Crippen LogP contribution is 2.25. The molecular formula is C11H13N3O. The van der Waals surface area contributed by atoms with Gasteiger partial charge in [0.15, 0.2) is 0 Å². The number of azide groups is 1. The zero-order valence-electron chi connectivity index (χ0n) is 8.52. The van der Waals surface area contributed by atoms with Crippen LogP contribution in [-0.2, 0) is 12.8 Å². The number of ether oxygens (including phenoxy) is 1. The molecule has 15 heavy (non-hydrogen) atoms. The highest BCUT2D eigenvalue weighted by Gasteiger charge is 2.10. The zero-order chi connectivity index (χ0) is 10.5. The maximum Gasteiger partial charge on any atom is 0.119 e. The van der Waals surface area contributed by atoms with E-state index in [1.807, 2.05) is 6.07 Å². The van der Waals surface area contributed by atoms with Gasteiger partial charge in [0.2, 0.25) is 0 Å². The lowest BCUT2D eigenvalue weighted by molar-refractivity contribution is 0.328. The Labute approximate surface area is 88.5 Å². The first-order valence-corrected chi connectivity index (χ1v) is 5.15. The van der Waals surface area contributed by atoms with E-state index in [0.717, 1.165) is 12.2 Å². The standard InChI is InChI=1S/C11H13N3O/c12-14-13-6-7-15-11-5-4-9-2-1-3-10(9)8-11/h4-5,8H,1-3,6-7H2. The molecule has 0 unspecified atom stereocenters. The van der Waals surface area contributed by atoms with Crippen LogP contribution < -0.4 is 4.74 Å². The Morgan fingerprint density at radius 2 is 2.20 bits per heavy atom. The van der Waals surface area contributed by atoms with Crippen LogP contribution in [0.1, 0.15) is 17.5 Å². The number of fused-ring (bicyclic) bond motifs is 1. The van der Waals surface area contributed by atoms with E-state index < -0.39 is 0 Å². The van der Waals surface area contributed by atoms with Crippen LogP contribution in [0.15, 0.2) is 23.3 Å². The number of benzene rings is 1. The monoisotopic (exact) mass is 203 g/mol. The van der Waals surface area contributed by atoms with Crippen molar-refractivity contribution < 1.29 is 4.74 Å². The summed E-state index contributed by atoms with van der Waals surface area (Å²) in [6.45, 7) is 0.830. The molecule has 1 aliphatic carbocycles. The minimum absolute atomic E-state index is 0.383. The third-order valence-corrected chi connectivity index (χ3v) is 2.59. The summed E-state index contributed by atoms with van der Waals surface area (Å²) in [6.07, 6.45) is 3.59. The molecule has 0 saturated carbocycles. The van der Waals surface area contributed by atoms with Crippen LogP contribution >= 0.6 is 0 Å². The van der Waals surface area contributed by atoms with E-state index in [2.05, 4.69) is 22.2 Å². The third kappa shape index (κ3) is 2.42. The molecule has 4 nitrogen and oxygen atoms in total. The third-order valence-electron chi connectivity index (χ3n) is 2.59. The van der Waals surface area contributed by atoms with Gasteiger partial charge in [0.05, 0.1) is 13.2 Å². The van der Waals surface area contributed by atoms with Gasteiger partial charge in [-0.1, -0.05) is 11.2 Å². The van der Waals surface area contributed by atoms with Gasteiger partial charge in [-0.2, -0.15) is 0 Å². The second-order valence-electron chi connectivity index (χ2n) is 3.59. The molecule has 0 N–H and O–H groups in total. The molecule has 1 aliphatic rings. The van der Waals surface area contributed by atoms with Gasteiger partial charge in [0, 0.05) is 4.91 Å². The highest BCUT2D eigenvalue weighted by atomic mass is 16.5. The van der Waals surface area contributed by atoms with Crippen LogP contribution in [0, 0.1) is 0 Å². The molecule has 0 amide bonds. The average molecular weight is 203 g/mol. The highest BCUT2D eigenvalue weighted by molar-refractivity contribution is 5.38. The van der Waals surface area contributed by atoms with Gasteiger partial charge in [-0.15, -0.1) is 0 Å². The molecule has 4 heteroatoms. The second-order valence-corrected chi connectivity index (χ2v) is 3.59. The van der Waals surface area contributed by atoms with E-state index in [1.165, 1.54) is 24.0 Å². The lowest BCUT2D eigenvalue weighted by Crippen LogP contribution is -2.00. The number of rotatable bonds is 4. The number of aryl methyl sites for hydroxylation is 2.